The van der Waals surface area contributed by atoms with Crippen LogP contribution in [-0.2, 0) is 0 Å². The van der Waals surface area contributed by atoms with E-state index in [4.69, 9.17) is 8.83 Å². The van der Waals surface area contributed by atoms with Crippen molar-refractivity contribution in [2.24, 2.45) is 0 Å². The molecule has 2 aromatic carbocycles. The summed E-state index contributed by atoms with van der Waals surface area (Å²) in [6, 6.07) is 10.4. The quantitative estimate of drug-likeness (QED) is 0.387. The van der Waals surface area contributed by atoms with E-state index in [0.717, 1.165) is 34.5 Å². The van der Waals surface area contributed by atoms with E-state index < -0.39 is 0 Å². The van der Waals surface area contributed by atoms with Crippen molar-refractivity contribution in [2.75, 3.05) is 0 Å². The normalized spacial score (nSPS) is 17.6. The summed E-state index contributed by atoms with van der Waals surface area (Å²) in [6.07, 6.45) is 5.49. The van der Waals surface area contributed by atoms with Gasteiger partial charge in [0, 0.05) is 33.2 Å². The van der Waals surface area contributed by atoms with E-state index in [-0.39, 0.29) is 0 Å². The summed E-state index contributed by atoms with van der Waals surface area (Å²) < 4.78 is 12.3. The van der Waals surface area contributed by atoms with Crippen molar-refractivity contribution in [2.45, 2.75) is 26.2 Å². The molecule has 2 aromatic heterocycles. The summed E-state index contributed by atoms with van der Waals surface area (Å²) in [4.78, 5) is 0. The Morgan fingerprint density at radius 2 is 1.82 bits per heavy atom. The van der Waals surface area contributed by atoms with Gasteiger partial charge in [-0.3, -0.25) is 0 Å². The molecule has 108 valence electrons. The van der Waals surface area contributed by atoms with Gasteiger partial charge in [0.25, 0.3) is 0 Å². The van der Waals surface area contributed by atoms with E-state index in [1.165, 1.54) is 21.7 Å². The molecule has 2 heterocycles. The molecule has 1 atom stereocenters. The molecule has 2 nitrogen and oxygen atoms in total. The molecule has 22 heavy (non-hydrogen) atoms. The third-order valence-corrected chi connectivity index (χ3v) is 4.84. The van der Waals surface area contributed by atoms with Gasteiger partial charge in [-0.1, -0.05) is 37.3 Å². The summed E-state index contributed by atoms with van der Waals surface area (Å²) in [7, 11) is 0. The second kappa shape index (κ2) is 4.04. The van der Waals surface area contributed by atoms with Gasteiger partial charge in [0.15, 0.2) is 0 Å². The van der Waals surface area contributed by atoms with Gasteiger partial charge in [0.1, 0.15) is 22.5 Å². The molecule has 2 heteroatoms. The van der Waals surface area contributed by atoms with E-state index in [0.29, 0.717) is 5.92 Å². The molecule has 0 radical (unpaired) electrons. The van der Waals surface area contributed by atoms with Gasteiger partial charge < -0.3 is 8.83 Å². The van der Waals surface area contributed by atoms with Crippen LogP contribution >= 0.6 is 0 Å². The number of hydrogen-bond donors (Lipinski definition) is 0. The van der Waals surface area contributed by atoms with E-state index >= 15 is 0 Å². The highest BCUT2D eigenvalue weighted by atomic mass is 16.3. The maximum absolute atomic E-state index is 6.23. The van der Waals surface area contributed by atoms with Crippen LogP contribution in [0.3, 0.4) is 0 Å². The zero-order chi connectivity index (χ0) is 14.8. The standard InChI is InChI=1S/C20H16O2/c1-11-6-5-8-14-16-10-15-13-7-3-4-9-17(13)21-19(15)12(2)20(16)22-18(11)14/h3-5,7-11H,6H2,1-2H3. The summed E-state index contributed by atoms with van der Waals surface area (Å²) in [6.45, 7) is 4.32. The lowest BCUT2D eigenvalue weighted by Gasteiger charge is -2.10. The van der Waals surface area contributed by atoms with E-state index in [9.17, 15) is 0 Å². The fourth-order valence-electron chi connectivity index (χ4n) is 3.67. The molecular formula is C20H16O2. The third kappa shape index (κ3) is 1.40. The van der Waals surface area contributed by atoms with Crippen LogP contribution < -0.4 is 0 Å². The van der Waals surface area contributed by atoms with Gasteiger partial charge in [0.2, 0.25) is 0 Å². The highest BCUT2D eigenvalue weighted by Crippen LogP contribution is 2.42. The minimum absolute atomic E-state index is 0.440. The van der Waals surface area contributed by atoms with Gasteiger partial charge in [0.05, 0.1) is 0 Å². The molecule has 5 rings (SSSR count). The minimum Gasteiger partial charge on any atom is -0.460 e. The fourth-order valence-corrected chi connectivity index (χ4v) is 3.67. The van der Waals surface area contributed by atoms with Crippen LogP contribution in [0.15, 0.2) is 45.2 Å². The average Bonchev–Trinajstić information content (AvgIpc) is 3.08. The molecule has 0 saturated carbocycles. The summed E-state index contributed by atoms with van der Waals surface area (Å²) in [5, 5.41) is 3.55. The maximum Gasteiger partial charge on any atom is 0.142 e. The number of allylic oxidation sites excluding steroid dienone is 1. The molecule has 0 fully saturated rings. The van der Waals surface area contributed by atoms with Crippen LogP contribution in [-0.4, -0.2) is 0 Å². The van der Waals surface area contributed by atoms with Crippen molar-refractivity contribution in [1.29, 1.82) is 0 Å². The zero-order valence-electron chi connectivity index (χ0n) is 12.6. The fraction of sp³-hybridized carbons (Fsp3) is 0.200. The van der Waals surface area contributed by atoms with Crippen LogP contribution in [0.2, 0.25) is 0 Å². The number of para-hydroxylation sites is 1. The Kier molecular flexibility index (Phi) is 2.22. The molecule has 0 bridgehead atoms. The van der Waals surface area contributed by atoms with Crippen molar-refractivity contribution in [1.82, 2.24) is 0 Å². The second-order valence-electron chi connectivity index (χ2n) is 6.27. The molecule has 1 aliphatic carbocycles. The molecular weight excluding hydrogens is 272 g/mol. The lowest BCUT2D eigenvalue weighted by molar-refractivity contribution is 0.502. The highest BCUT2D eigenvalue weighted by Gasteiger charge is 2.23. The number of fused-ring (bicyclic) bond motifs is 6. The topological polar surface area (TPSA) is 26.3 Å². The lowest BCUT2D eigenvalue weighted by atomic mass is 9.93. The summed E-state index contributed by atoms with van der Waals surface area (Å²) in [5.74, 6) is 1.55. The predicted molar refractivity (Wildman–Crippen MR) is 90.3 cm³/mol. The second-order valence-corrected chi connectivity index (χ2v) is 6.27. The van der Waals surface area contributed by atoms with Gasteiger partial charge >= 0.3 is 0 Å². The molecule has 4 aromatic rings. The zero-order valence-corrected chi connectivity index (χ0v) is 12.6. The Labute approximate surface area is 128 Å². The first kappa shape index (κ1) is 12.1. The van der Waals surface area contributed by atoms with Crippen LogP contribution in [0, 0.1) is 6.92 Å². The van der Waals surface area contributed by atoms with Crippen molar-refractivity contribution in [3.63, 3.8) is 0 Å². The van der Waals surface area contributed by atoms with Gasteiger partial charge in [-0.15, -0.1) is 0 Å². The molecule has 0 saturated heterocycles. The largest absolute Gasteiger partial charge is 0.460 e. The Bertz CT molecular complexity index is 1080. The Balaban J connectivity index is 2.00. The Morgan fingerprint density at radius 3 is 2.73 bits per heavy atom. The molecule has 1 unspecified atom stereocenters. The predicted octanol–water partition coefficient (Wildman–Crippen LogP) is 6.16. The van der Waals surface area contributed by atoms with Crippen LogP contribution in [0.25, 0.3) is 39.0 Å². The minimum atomic E-state index is 0.440. The van der Waals surface area contributed by atoms with Crippen LogP contribution in [0.4, 0.5) is 0 Å². The first-order chi connectivity index (χ1) is 10.7. The first-order valence-electron chi connectivity index (χ1n) is 7.78. The number of benzene rings is 2. The van der Waals surface area contributed by atoms with Crippen LogP contribution in [0.5, 0.6) is 0 Å². The van der Waals surface area contributed by atoms with Crippen molar-refractivity contribution in [3.8, 4) is 0 Å². The van der Waals surface area contributed by atoms with Crippen molar-refractivity contribution < 1.29 is 8.83 Å². The smallest absolute Gasteiger partial charge is 0.142 e. The number of hydrogen-bond acceptors (Lipinski definition) is 2. The summed E-state index contributed by atoms with van der Waals surface area (Å²) >= 11 is 0. The van der Waals surface area contributed by atoms with Crippen molar-refractivity contribution in [3.05, 3.63) is 53.3 Å². The number of aryl methyl sites for hydroxylation is 1. The molecule has 0 amide bonds. The molecule has 0 N–H and O–H groups in total. The van der Waals surface area contributed by atoms with Crippen LogP contribution in [0.1, 0.15) is 36.1 Å². The Morgan fingerprint density at radius 1 is 1.00 bits per heavy atom. The molecule has 0 spiro atoms. The monoisotopic (exact) mass is 288 g/mol. The number of rotatable bonds is 0. The lowest BCUT2D eigenvalue weighted by Crippen LogP contribution is -1.95. The van der Waals surface area contributed by atoms with Crippen molar-refractivity contribution >= 4 is 39.0 Å². The van der Waals surface area contributed by atoms with Gasteiger partial charge in [-0.25, -0.2) is 0 Å². The Hall–Kier alpha value is -2.48. The van der Waals surface area contributed by atoms with E-state index in [2.05, 4.69) is 44.2 Å². The number of furan rings is 2. The molecule has 1 aliphatic rings. The first-order valence-corrected chi connectivity index (χ1v) is 7.78. The summed E-state index contributed by atoms with van der Waals surface area (Å²) in [5.41, 5.74) is 5.18. The third-order valence-electron chi connectivity index (χ3n) is 4.84. The maximum atomic E-state index is 6.23. The average molecular weight is 288 g/mol. The van der Waals surface area contributed by atoms with Gasteiger partial charge in [-0.2, -0.15) is 0 Å². The highest BCUT2D eigenvalue weighted by molar-refractivity contribution is 6.12. The van der Waals surface area contributed by atoms with Gasteiger partial charge in [-0.05, 0) is 25.5 Å². The van der Waals surface area contributed by atoms with E-state index in [1.807, 2.05) is 12.1 Å². The molecule has 0 aliphatic heterocycles. The van der Waals surface area contributed by atoms with E-state index in [1.54, 1.807) is 0 Å². The SMILES string of the molecule is Cc1c2oc3c(c2cc2c1oc1ccccc12)C=CCC3C.